The summed E-state index contributed by atoms with van der Waals surface area (Å²) in [5.74, 6) is 0.754. The van der Waals surface area contributed by atoms with Gasteiger partial charge >= 0.3 is 0 Å². The van der Waals surface area contributed by atoms with Gasteiger partial charge in [-0.05, 0) is 48.7 Å². The highest BCUT2D eigenvalue weighted by Crippen LogP contribution is 2.17. The maximum Gasteiger partial charge on any atom is 0.119 e. The van der Waals surface area contributed by atoms with E-state index in [1.807, 2.05) is 36.4 Å². The van der Waals surface area contributed by atoms with Crippen LogP contribution in [-0.4, -0.2) is 36.0 Å². The molecule has 2 aromatic rings. The Morgan fingerprint density at radius 1 is 1.17 bits per heavy atom. The zero-order chi connectivity index (χ0) is 17.4. The number of rotatable bonds is 9. The molecule has 5 heteroatoms. The molecule has 24 heavy (non-hydrogen) atoms. The highest BCUT2D eigenvalue weighted by Gasteiger charge is 2.10. The van der Waals surface area contributed by atoms with Gasteiger partial charge in [0.2, 0.25) is 0 Å². The fourth-order valence-electron chi connectivity index (χ4n) is 2.46. The number of ether oxygens (including phenoxy) is 1. The van der Waals surface area contributed by atoms with Crippen LogP contribution in [0.4, 0.5) is 0 Å². The van der Waals surface area contributed by atoms with Crippen molar-refractivity contribution >= 4 is 11.6 Å². The topological polar surface area (TPSA) is 61.7 Å². The predicted molar refractivity (Wildman–Crippen MR) is 96.6 cm³/mol. The summed E-state index contributed by atoms with van der Waals surface area (Å²) in [5, 5.41) is 22.9. The third-order valence-corrected chi connectivity index (χ3v) is 3.95. The van der Waals surface area contributed by atoms with Crippen LogP contribution in [0.1, 0.15) is 24.2 Å². The molecule has 3 N–H and O–H groups in total. The third kappa shape index (κ3) is 6.13. The Balaban J connectivity index is 1.79. The van der Waals surface area contributed by atoms with Gasteiger partial charge < -0.3 is 20.3 Å². The van der Waals surface area contributed by atoms with Crippen molar-refractivity contribution in [2.75, 3.05) is 19.8 Å². The van der Waals surface area contributed by atoms with Crippen LogP contribution in [0.2, 0.25) is 5.02 Å². The zero-order valence-electron chi connectivity index (χ0n) is 13.8. The van der Waals surface area contributed by atoms with Crippen LogP contribution in [0.15, 0.2) is 48.5 Å². The molecule has 2 unspecified atom stereocenters. The Hall–Kier alpha value is -1.59. The van der Waals surface area contributed by atoms with Crippen molar-refractivity contribution in [1.29, 1.82) is 0 Å². The largest absolute Gasteiger partial charge is 0.491 e. The predicted octanol–water partition coefficient (Wildman–Crippen LogP) is 2.97. The molecule has 2 atom stereocenters. The van der Waals surface area contributed by atoms with Crippen molar-refractivity contribution in [1.82, 2.24) is 5.32 Å². The van der Waals surface area contributed by atoms with Gasteiger partial charge in [-0.15, -0.1) is 0 Å². The quantitative estimate of drug-likeness (QED) is 0.651. The molecule has 0 saturated carbocycles. The molecule has 0 heterocycles. The Morgan fingerprint density at radius 3 is 2.58 bits per heavy atom. The standard InChI is InChI=1S/C19H24ClNO3/c1-14(11-15-5-7-18(8-6-15)24-10-9-22)21-13-19(23)16-3-2-4-17(20)12-16/h2-8,12,14,19,21-23H,9-11,13H2,1H3. The SMILES string of the molecule is CC(Cc1ccc(OCCO)cc1)NCC(O)c1cccc(Cl)c1. The molecule has 4 nitrogen and oxygen atoms in total. The lowest BCUT2D eigenvalue weighted by Crippen LogP contribution is -2.32. The Morgan fingerprint density at radius 2 is 1.92 bits per heavy atom. The van der Waals surface area contributed by atoms with Crippen molar-refractivity contribution in [3.63, 3.8) is 0 Å². The summed E-state index contributed by atoms with van der Waals surface area (Å²) < 4.78 is 5.34. The van der Waals surface area contributed by atoms with Crippen molar-refractivity contribution < 1.29 is 14.9 Å². The molecule has 0 aliphatic carbocycles. The number of hydrogen-bond donors (Lipinski definition) is 3. The highest BCUT2D eigenvalue weighted by atomic mass is 35.5. The summed E-state index contributed by atoms with van der Waals surface area (Å²) in [6.07, 6.45) is 0.267. The van der Waals surface area contributed by atoms with E-state index in [1.54, 1.807) is 12.1 Å². The minimum absolute atomic E-state index is 0.0116. The van der Waals surface area contributed by atoms with Gasteiger partial charge in [-0.1, -0.05) is 35.9 Å². The van der Waals surface area contributed by atoms with Crippen molar-refractivity contribution in [2.24, 2.45) is 0 Å². The van der Waals surface area contributed by atoms with Crippen molar-refractivity contribution in [3.05, 3.63) is 64.7 Å². The monoisotopic (exact) mass is 349 g/mol. The van der Waals surface area contributed by atoms with Gasteiger partial charge in [0.05, 0.1) is 12.7 Å². The fourth-order valence-corrected chi connectivity index (χ4v) is 2.65. The first-order chi connectivity index (χ1) is 11.6. The van der Waals surface area contributed by atoms with Crippen molar-refractivity contribution in [2.45, 2.75) is 25.5 Å². The van der Waals surface area contributed by atoms with Crippen LogP contribution in [-0.2, 0) is 6.42 Å². The van der Waals surface area contributed by atoms with Crippen LogP contribution in [0.5, 0.6) is 5.75 Å². The molecule has 0 saturated heterocycles. The smallest absolute Gasteiger partial charge is 0.119 e. The first-order valence-corrected chi connectivity index (χ1v) is 8.46. The zero-order valence-corrected chi connectivity index (χ0v) is 14.5. The summed E-state index contributed by atoms with van der Waals surface area (Å²) >= 11 is 5.95. The average Bonchev–Trinajstić information content (AvgIpc) is 2.59. The average molecular weight is 350 g/mol. The molecule has 0 aromatic heterocycles. The van der Waals surface area contributed by atoms with E-state index < -0.39 is 6.10 Å². The van der Waals surface area contributed by atoms with Gasteiger partial charge in [0, 0.05) is 17.6 Å². The number of aliphatic hydroxyl groups is 2. The molecule has 0 fully saturated rings. The Kier molecular flexibility index (Phi) is 7.53. The van der Waals surface area contributed by atoms with E-state index in [0.29, 0.717) is 18.2 Å². The second-order valence-corrected chi connectivity index (χ2v) is 6.24. The van der Waals surface area contributed by atoms with E-state index in [2.05, 4.69) is 12.2 Å². The first kappa shape index (κ1) is 18.7. The van der Waals surface area contributed by atoms with Gasteiger partial charge in [0.1, 0.15) is 12.4 Å². The van der Waals surface area contributed by atoms with E-state index in [-0.39, 0.29) is 12.6 Å². The molecule has 130 valence electrons. The maximum atomic E-state index is 10.2. The van der Waals surface area contributed by atoms with E-state index in [4.69, 9.17) is 21.4 Å². The van der Waals surface area contributed by atoms with Crippen LogP contribution >= 0.6 is 11.6 Å². The molecule has 2 aromatic carbocycles. The second-order valence-electron chi connectivity index (χ2n) is 5.80. The summed E-state index contributed by atoms with van der Waals surface area (Å²) in [5.41, 5.74) is 2.00. The van der Waals surface area contributed by atoms with E-state index >= 15 is 0 Å². The number of aliphatic hydroxyl groups excluding tert-OH is 2. The molecule has 0 aliphatic heterocycles. The van der Waals surface area contributed by atoms with Gasteiger partial charge in [-0.3, -0.25) is 0 Å². The van der Waals surface area contributed by atoms with Gasteiger partial charge in [0.25, 0.3) is 0 Å². The number of halogens is 1. The third-order valence-electron chi connectivity index (χ3n) is 3.72. The summed E-state index contributed by atoms with van der Waals surface area (Å²) in [4.78, 5) is 0. The number of nitrogens with one attached hydrogen (secondary N) is 1. The molecule has 0 aliphatic rings. The molecule has 0 amide bonds. The van der Waals surface area contributed by atoms with Gasteiger partial charge in [0.15, 0.2) is 0 Å². The molecule has 2 rings (SSSR count). The van der Waals surface area contributed by atoms with Crippen LogP contribution in [0.25, 0.3) is 0 Å². The number of benzene rings is 2. The van der Waals surface area contributed by atoms with Crippen molar-refractivity contribution in [3.8, 4) is 5.75 Å². The lowest BCUT2D eigenvalue weighted by molar-refractivity contribution is 0.170. The summed E-state index contributed by atoms with van der Waals surface area (Å²) in [6.45, 7) is 2.87. The Labute approximate surface area is 148 Å². The summed E-state index contributed by atoms with van der Waals surface area (Å²) in [6, 6.07) is 15.3. The molecule has 0 spiro atoms. The van der Waals surface area contributed by atoms with Crippen LogP contribution in [0.3, 0.4) is 0 Å². The fraction of sp³-hybridized carbons (Fsp3) is 0.368. The van der Waals surface area contributed by atoms with Crippen LogP contribution < -0.4 is 10.1 Å². The second kappa shape index (κ2) is 9.64. The first-order valence-electron chi connectivity index (χ1n) is 8.08. The number of hydrogen-bond acceptors (Lipinski definition) is 4. The van der Waals surface area contributed by atoms with Crippen LogP contribution in [0, 0.1) is 0 Å². The molecule has 0 bridgehead atoms. The molecular formula is C19H24ClNO3. The minimum atomic E-state index is -0.583. The molecule has 0 radical (unpaired) electrons. The minimum Gasteiger partial charge on any atom is -0.491 e. The molecular weight excluding hydrogens is 326 g/mol. The Bertz CT molecular complexity index is 618. The normalized spacial score (nSPS) is 13.5. The van der Waals surface area contributed by atoms with E-state index in [1.165, 1.54) is 5.56 Å². The maximum absolute atomic E-state index is 10.2. The van der Waals surface area contributed by atoms with Gasteiger partial charge in [-0.2, -0.15) is 0 Å². The van der Waals surface area contributed by atoms with E-state index in [9.17, 15) is 5.11 Å². The highest BCUT2D eigenvalue weighted by molar-refractivity contribution is 6.30. The lowest BCUT2D eigenvalue weighted by atomic mass is 10.1. The lowest BCUT2D eigenvalue weighted by Gasteiger charge is -2.18. The summed E-state index contributed by atoms with van der Waals surface area (Å²) in [7, 11) is 0. The van der Waals surface area contributed by atoms with E-state index in [0.717, 1.165) is 17.7 Å². The van der Waals surface area contributed by atoms with Gasteiger partial charge in [-0.25, -0.2) is 0 Å².